The van der Waals surface area contributed by atoms with Gasteiger partial charge in [-0.2, -0.15) is 0 Å². The fourth-order valence-corrected chi connectivity index (χ4v) is 3.55. The molecule has 124 valence electrons. The summed E-state index contributed by atoms with van der Waals surface area (Å²) in [6.45, 7) is 1.46. The van der Waals surface area contributed by atoms with E-state index < -0.39 is 15.8 Å². The highest BCUT2D eigenvalue weighted by Crippen LogP contribution is 2.17. The van der Waals surface area contributed by atoms with Crippen molar-refractivity contribution < 1.29 is 12.8 Å². The number of para-hydroxylation sites is 1. The van der Waals surface area contributed by atoms with Gasteiger partial charge in [0.15, 0.2) is 0 Å². The molecule has 0 amide bonds. The highest BCUT2D eigenvalue weighted by molar-refractivity contribution is 7.89. The summed E-state index contributed by atoms with van der Waals surface area (Å²) in [6.07, 6.45) is 0. The molecular weight excluding hydrogens is 331 g/mol. The summed E-state index contributed by atoms with van der Waals surface area (Å²) in [6, 6.07) is 12.1. The second-order valence-electron chi connectivity index (χ2n) is 5.44. The minimum atomic E-state index is -3.81. The molecule has 3 aromatic rings. The second-order valence-corrected chi connectivity index (χ2v) is 7.21. The Morgan fingerprint density at radius 3 is 2.62 bits per heavy atom. The van der Waals surface area contributed by atoms with Crippen molar-refractivity contribution in [3.05, 3.63) is 75.8 Å². The largest absolute Gasteiger partial charge is 0.322 e. The van der Waals surface area contributed by atoms with Gasteiger partial charge in [-0.3, -0.25) is 4.79 Å². The van der Waals surface area contributed by atoms with Crippen molar-refractivity contribution >= 4 is 20.9 Å². The summed E-state index contributed by atoms with van der Waals surface area (Å²) in [5.41, 5.74) is 1.15. The van der Waals surface area contributed by atoms with Gasteiger partial charge in [0, 0.05) is 23.5 Å². The first kappa shape index (κ1) is 16.4. The smallest absolute Gasteiger partial charge is 0.248 e. The van der Waals surface area contributed by atoms with Crippen molar-refractivity contribution in [3.63, 3.8) is 0 Å². The number of benzene rings is 2. The molecule has 0 spiro atoms. The van der Waals surface area contributed by atoms with Crippen molar-refractivity contribution in [2.24, 2.45) is 0 Å². The summed E-state index contributed by atoms with van der Waals surface area (Å²) in [5.74, 6) is -0.463. The zero-order chi connectivity index (χ0) is 17.3. The molecule has 0 aliphatic rings. The van der Waals surface area contributed by atoms with E-state index in [1.807, 2.05) is 6.07 Å². The molecule has 0 saturated heterocycles. The van der Waals surface area contributed by atoms with Crippen LogP contribution < -0.4 is 10.3 Å². The number of aromatic amines is 1. The number of hydrogen-bond donors (Lipinski definition) is 2. The van der Waals surface area contributed by atoms with Gasteiger partial charge in [-0.05, 0) is 42.3 Å². The summed E-state index contributed by atoms with van der Waals surface area (Å²) < 4.78 is 40.5. The predicted molar refractivity (Wildman–Crippen MR) is 89.7 cm³/mol. The number of H-pyrrole nitrogens is 1. The molecule has 0 aliphatic heterocycles. The summed E-state index contributed by atoms with van der Waals surface area (Å²) >= 11 is 0. The standard InChI is InChI=1S/C17H15FN2O3S/c1-11-8-13(6-7-15(11)18)24(22,23)19-10-12-9-17(21)20-16-5-3-2-4-14(12)16/h2-9,19H,10H2,1H3,(H,20,21). The predicted octanol–water partition coefficient (Wildman–Crippen LogP) is 2.45. The van der Waals surface area contributed by atoms with Gasteiger partial charge in [0.25, 0.3) is 0 Å². The lowest BCUT2D eigenvalue weighted by atomic mass is 10.1. The van der Waals surface area contributed by atoms with Crippen LogP contribution in [-0.4, -0.2) is 13.4 Å². The van der Waals surface area contributed by atoms with E-state index in [0.717, 1.165) is 11.5 Å². The van der Waals surface area contributed by atoms with E-state index in [-0.39, 0.29) is 22.6 Å². The number of hydrogen-bond acceptors (Lipinski definition) is 3. The molecule has 0 aliphatic carbocycles. The number of aryl methyl sites for hydroxylation is 1. The third-order valence-electron chi connectivity index (χ3n) is 3.73. The zero-order valence-electron chi connectivity index (χ0n) is 12.8. The summed E-state index contributed by atoms with van der Waals surface area (Å²) in [7, 11) is -3.81. The van der Waals surface area contributed by atoms with Crippen LogP contribution in [0.1, 0.15) is 11.1 Å². The molecule has 2 N–H and O–H groups in total. The van der Waals surface area contributed by atoms with E-state index >= 15 is 0 Å². The summed E-state index contributed by atoms with van der Waals surface area (Å²) in [4.78, 5) is 14.4. The Bertz CT molecular complexity index is 1070. The molecule has 2 aromatic carbocycles. The Morgan fingerprint density at radius 1 is 1.12 bits per heavy atom. The average molecular weight is 346 g/mol. The molecule has 5 nitrogen and oxygen atoms in total. The maximum atomic E-state index is 13.3. The molecule has 1 aromatic heterocycles. The highest BCUT2D eigenvalue weighted by atomic mass is 32.2. The topological polar surface area (TPSA) is 79.0 Å². The number of aromatic nitrogens is 1. The maximum Gasteiger partial charge on any atom is 0.248 e. The van der Waals surface area contributed by atoms with Crippen LogP contribution in [0.4, 0.5) is 4.39 Å². The minimum Gasteiger partial charge on any atom is -0.322 e. The number of sulfonamides is 1. The van der Waals surface area contributed by atoms with Gasteiger partial charge in [-0.15, -0.1) is 0 Å². The normalized spacial score (nSPS) is 11.8. The van der Waals surface area contributed by atoms with Gasteiger partial charge < -0.3 is 4.98 Å². The van der Waals surface area contributed by atoms with Gasteiger partial charge >= 0.3 is 0 Å². The average Bonchev–Trinajstić information content (AvgIpc) is 2.55. The third kappa shape index (κ3) is 3.22. The first-order valence-corrected chi connectivity index (χ1v) is 8.72. The first-order chi connectivity index (χ1) is 11.4. The van der Waals surface area contributed by atoms with Crippen molar-refractivity contribution in [2.75, 3.05) is 0 Å². The highest BCUT2D eigenvalue weighted by Gasteiger charge is 2.16. The quantitative estimate of drug-likeness (QED) is 0.762. The zero-order valence-corrected chi connectivity index (χ0v) is 13.7. The molecule has 3 rings (SSSR count). The monoisotopic (exact) mass is 346 g/mol. The van der Waals surface area contributed by atoms with Gasteiger partial charge in [-0.1, -0.05) is 18.2 Å². The fraction of sp³-hybridized carbons (Fsp3) is 0.118. The molecule has 24 heavy (non-hydrogen) atoms. The van der Waals surface area contributed by atoms with Gasteiger partial charge in [-0.25, -0.2) is 17.5 Å². The van der Waals surface area contributed by atoms with Gasteiger partial charge in [0.05, 0.1) is 4.90 Å². The Balaban J connectivity index is 1.93. The molecule has 0 atom stereocenters. The van der Waals surface area contributed by atoms with E-state index in [1.165, 1.54) is 25.1 Å². The van der Waals surface area contributed by atoms with E-state index in [0.29, 0.717) is 11.1 Å². The second kappa shape index (κ2) is 6.18. The Labute approximate surface area is 138 Å². The van der Waals surface area contributed by atoms with Crippen molar-refractivity contribution in [2.45, 2.75) is 18.4 Å². The van der Waals surface area contributed by atoms with Crippen LogP contribution in [0.15, 0.2) is 58.2 Å². The van der Waals surface area contributed by atoms with Crippen LogP contribution in [-0.2, 0) is 16.6 Å². The van der Waals surface area contributed by atoms with Crippen LogP contribution in [0.25, 0.3) is 10.9 Å². The maximum absolute atomic E-state index is 13.3. The lowest BCUT2D eigenvalue weighted by molar-refractivity contribution is 0.580. The molecule has 0 saturated carbocycles. The number of fused-ring (bicyclic) bond motifs is 1. The van der Waals surface area contributed by atoms with Gasteiger partial charge in [0.1, 0.15) is 5.82 Å². The van der Waals surface area contributed by atoms with Crippen LogP contribution in [0.3, 0.4) is 0 Å². The third-order valence-corrected chi connectivity index (χ3v) is 5.13. The number of halogens is 1. The fourth-order valence-electron chi connectivity index (χ4n) is 2.46. The molecule has 0 unspecified atom stereocenters. The Kier molecular flexibility index (Phi) is 4.21. The van der Waals surface area contributed by atoms with Crippen LogP contribution in [0.2, 0.25) is 0 Å². The first-order valence-electron chi connectivity index (χ1n) is 7.23. The minimum absolute atomic E-state index is 0.0180. The van der Waals surface area contributed by atoms with E-state index in [2.05, 4.69) is 9.71 Å². The Hall–Kier alpha value is -2.51. The number of rotatable bonds is 4. The SMILES string of the molecule is Cc1cc(S(=O)(=O)NCc2cc(=O)[nH]c3ccccc23)ccc1F. The lowest BCUT2D eigenvalue weighted by Gasteiger charge is -2.10. The van der Waals surface area contributed by atoms with Gasteiger partial charge in [0.2, 0.25) is 15.6 Å². The molecule has 0 radical (unpaired) electrons. The molecule has 1 heterocycles. The van der Waals surface area contributed by atoms with Crippen LogP contribution in [0, 0.1) is 12.7 Å². The van der Waals surface area contributed by atoms with Crippen LogP contribution in [0.5, 0.6) is 0 Å². The number of pyridine rings is 1. The van der Waals surface area contributed by atoms with E-state index in [1.54, 1.807) is 18.2 Å². The van der Waals surface area contributed by atoms with Crippen molar-refractivity contribution in [3.8, 4) is 0 Å². The van der Waals surface area contributed by atoms with Crippen molar-refractivity contribution in [1.29, 1.82) is 0 Å². The van der Waals surface area contributed by atoms with E-state index in [9.17, 15) is 17.6 Å². The molecular formula is C17H15FN2O3S. The Morgan fingerprint density at radius 2 is 1.88 bits per heavy atom. The molecule has 0 fully saturated rings. The number of nitrogens with one attached hydrogen (secondary N) is 2. The molecule has 0 bridgehead atoms. The lowest BCUT2D eigenvalue weighted by Crippen LogP contribution is -2.24. The summed E-state index contributed by atoms with van der Waals surface area (Å²) in [5, 5.41) is 0.759. The van der Waals surface area contributed by atoms with Crippen molar-refractivity contribution in [1.82, 2.24) is 9.71 Å². The van der Waals surface area contributed by atoms with Crippen LogP contribution >= 0.6 is 0 Å². The molecule has 7 heteroatoms. The van der Waals surface area contributed by atoms with E-state index in [4.69, 9.17) is 0 Å².